The molecule has 17 heavy (non-hydrogen) atoms. The van der Waals surface area contributed by atoms with Gasteiger partial charge in [-0.25, -0.2) is 0 Å². The number of rotatable bonds is 4. The van der Waals surface area contributed by atoms with Gasteiger partial charge in [-0.05, 0) is 12.8 Å². The highest BCUT2D eigenvalue weighted by atomic mass is 16.6. The van der Waals surface area contributed by atoms with Crippen molar-refractivity contribution in [3.63, 3.8) is 0 Å². The average Bonchev–Trinajstić information content (AvgIpc) is 3.14. The molecule has 1 aromatic carbocycles. The molecule has 5 nitrogen and oxygen atoms in total. The van der Waals surface area contributed by atoms with Crippen molar-refractivity contribution in [3.05, 3.63) is 39.9 Å². The zero-order chi connectivity index (χ0) is 12.4. The summed E-state index contributed by atoms with van der Waals surface area (Å²) in [5.41, 5.74) is 0.0463. The van der Waals surface area contributed by atoms with E-state index < -0.39 is 10.8 Å². The van der Waals surface area contributed by atoms with Crippen LogP contribution in [-0.2, 0) is 4.79 Å². The Morgan fingerprint density at radius 1 is 1.47 bits per heavy atom. The van der Waals surface area contributed by atoms with Crippen molar-refractivity contribution in [1.29, 1.82) is 5.26 Å². The topological polar surface area (TPSA) is 84.0 Å². The average molecular weight is 230 g/mol. The van der Waals surface area contributed by atoms with Crippen molar-refractivity contribution < 1.29 is 9.72 Å². The molecule has 0 N–H and O–H groups in total. The Labute approximate surface area is 97.8 Å². The molecule has 2 rings (SSSR count). The summed E-state index contributed by atoms with van der Waals surface area (Å²) in [6, 6.07) is 7.81. The predicted molar refractivity (Wildman–Crippen MR) is 59.2 cm³/mol. The molecular weight excluding hydrogens is 220 g/mol. The van der Waals surface area contributed by atoms with Gasteiger partial charge in [-0.15, -0.1) is 0 Å². The monoisotopic (exact) mass is 230 g/mol. The minimum atomic E-state index is -1.01. The van der Waals surface area contributed by atoms with E-state index in [2.05, 4.69) is 0 Å². The van der Waals surface area contributed by atoms with E-state index in [-0.39, 0.29) is 23.0 Å². The van der Waals surface area contributed by atoms with Crippen LogP contribution in [0.4, 0.5) is 5.69 Å². The summed E-state index contributed by atoms with van der Waals surface area (Å²) >= 11 is 0. The molecule has 1 aliphatic rings. The van der Waals surface area contributed by atoms with Gasteiger partial charge < -0.3 is 0 Å². The van der Waals surface area contributed by atoms with E-state index in [0.29, 0.717) is 0 Å². The lowest BCUT2D eigenvalue weighted by Crippen LogP contribution is -2.14. The van der Waals surface area contributed by atoms with Gasteiger partial charge in [0.05, 0.1) is 16.6 Å². The fraction of sp³-hybridized carbons (Fsp3) is 0.333. The second-order valence-corrected chi connectivity index (χ2v) is 4.05. The van der Waals surface area contributed by atoms with Crippen molar-refractivity contribution in [2.45, 2.75) is 18.8 Å². The summed E-state index contributed by atoms with van der Waals surface area (Å²) in [6.07, 6.45) is 1.58. The first-order chi connectivity index (χ1) is 8.15. The molecule has 1 fully saturated rings. The van der Waals surface area contributed by atoms with Crippen LogP contribution in [0.25, 0.3) is 0 Å². The number of hydrogen-bond acceptors (Lipinski definition) is 4. The molecule has 1 saturated carbocycles. The van der Waals surface area contributed by atoms with Crippen molar-refractivity contribution in [3.8, 4) is 6.07 Å². The number of ketones is 1. The maximum Gasteiger partial charge on any atom is 0.274 e. The van der Waals surface area contributed by atoms with Gasteiger partial charge in [-0.1, -0.05) is 18.2 Å². The van der Waals surface area contributed by atoms with Crippen LogP contribution in [0, 0.1) is 27.4 Å². The normalized spacial score (nSPS) is 15.9. The molecule has 0 saturated heterocycles. The van der Waals surface area contributed by atoms with Crippen LogP contribution in [0.15, 0.2) is 24.3 Å². The number of carbonyl (C=O) groups is 1. The van der Waals surface area contributed by atoms with Crippen molar-refractivity contribution in [2.75, 3.05) is 0 Å². The molecule has 0 amide bonds. The maximum absolute atomic E-state index is 11.9. The lowest BCUT2D eigenvalue weighted by Gasteiger charge is -2.07. The first-order valence-corrected chi connectivity index (χ1v) is 5.32. The summed E-state index contributed by atoms with van der Waals surface area (Å²) < 4.78 is 0. The second-order valence-electron chi connectivity index (χ2n) is 4.05. The highest BCUT2D eigenvalue weighted by Gasteiger charge is 2.37. The highest BCUT2D eigenvalue weighted by Crippen LogP contribution is 2.37. The Hall–Kier alpha value is -2.22. The van der Waals surface area contributed by atoms with E-state index in [9.17, 15) is 14.9 Å². The molecule has 5 heteroatoms. The number of nitrogens with zero attached hydrogens (tertiary/aromatic N) is 2. The van der Waals surface area contributed by atoms with Gasteiger partial charge >= 0.3 is 0 Å². The van der Waals surface area contributed by atoms with E-state index in [4.69, 9.17) is 5.26 Å². The Bertz CT molecular complexity index is 515. The van der Waals surface area contributed by atoms with Crippen molar-refractivity contribution in [2.24, 2.45) is 5.92 Å². The molecule has 0 heterocycles. The van der Waals surface area contributed by atoms with Crippen LogP contribution in [-0.4, -0.2) is 10.7 Å². The number of carbonyl (C=O) groups excluding carboxylic acids is 1. The summed E-state index contributed by atoms with van der Waals surface area (Å²) in [6.45, 7) is 0. The number of nitriles is 1. The minimum Gasteiger partial charge on any atom is -0.298 e. The van der Waals surface area contributed by atoms with Crippen LogP contribution >= 0.6 is 0 Å². The van der Waals surface area contributed by atoms with Crippen molar-refractivity contribution >= 4 is 11.5 Å². The third-order valence-electron chi connectivity index (χ3n) is 2.84. The smallest absolute Gasteiger partial charge is 0.274 e. The van der Waals surface area contributed by atoms with Gasteiger partial charge in [0.1, 0.15) is 5.92 Å². The molecule has 0 bridgehead atoms. The quantitative estimate of drug-likeness (QED) is 0.586. The third kappa shape index (κ3) is 2.16. The Morgan fingerprint density at radius 2 is 2.12 bits per heavy atom. The molecule has 1 atom stereocenters. The van der Waals surface area contributed by atoms with E-state index in [0.717, 1.165) is 12.8 Å². The minimum absolute atomic E-state index is 0.0838. The number of nitro groups is 1. The first-order valence-electron chi connectivity index (χ1n) is 5.32. The van der Waals surface area contributed by atoms with Crippen LogP contribution in [0.1, 0.15) is 24.3 Å². The van der Waals surface area contributed by atoms with Crippen LogP contribution in [0.5, 0.6) is 0 Å². The Kier molecular flexibility index (Phi) is 2.88. The summed E-state index contributed by atoms with van der Waals surface area (Å²) in [5, 5.41) is 19.9. The summed E-state index contributed by atoms with van der Waals surface area (Å²) in [7, 11) is 0. The molecule has 0 aliphatic heterocycles. The molecular formula is C12H10N2O3. The van der Waals surface area contributed by atoms with E-state index in [1.165, 1.54) is 18.2 Å². The SMILES string of the molecule is N#C[C@@H](C(=O)C1CC1)c1ccccc1[N+](=O)[O-]. The number of benzene rings is 1. The largest absolute Gasteiger partial charge is 0.298 e. The van der Waals surface area contributed by atoms with Gasteiger partial charge in [0.15, 0.2) is 5.78 Å². The van der Waals surface area contributed by atoms with E-state index in [1.807, 2.05) is 6.07 Å². The lowest BCUT2D eigenvalue weighted by molar-refractivity contribution is -0.385. The number of nitro benzene ring substituents is 1. The second kappa shape index (κ2) is 4.34. The zero-order valence-electron chi connectivity index (χ0n) is 9.00. The number of para-hydroxylation sites is 1. The van der Waals surface area contributed by atoms with Gasteiger partial charge in [-0.3, -0.25) is 14.9 Å². The van der Waals surface area contributed by atoms with Crippen LogP contribution in [0.2, 0.25) is 0 Å². The Morgan fingerprint density at radius 3 is 2.65 bits per heavy atom. The van der Waals surface area contributed by atoms with E-state index in [1.54, 1.807) is 6.07 Å². The summed E-state index contributed by atoms with van der Waals surface area (Å²) in [5.74, 6) is -1.29. The highest BCUT2D eigenvalue weighted by molar-refractivity contribution is 5.92. The molecule has 0 radical (unpaired) electrons. The zero-order valence-corrected chi connectivity index (χ0v) is 9.00. The van der Waals surface area contributed by atoms with Gasteiger partial charge in [0.2, 0.25) is 0 Å². The van der Waals surface area contributed by atoms with Gasteiger partial charge in [-0.2, -0.15) is 5.26 Å². The standard InChI is InChI=1S/C12H10N2O3/c13-7-10(12(15)8-5-6-8)9-3-1-2-4-11(9)14(16)17/h1-4,8,10H,5-6H2/t10-/m1/s1. The lowest BCUT2D eigenvalue weighted by atomic mass is 9.92. The molecule has 1 aliphatic carbocycles. The molecule has 0 spiro atoms. The first kappa shape index (κ1) is 11.3. The van der Waals surface area contributed by atoms with Crippen molar-refractivity contribution in [1.82, 2.24) is 0 Å². The maximum atomic E-state index is 11.9. The third-order valence-corrected chi connectivity index (χ3v) is 2.84. The van der Waals surface area contributed by atoms with Gasteiger partial charge in [0.25, 0.3) is 5.69 Å². The fourth-order valence-corrected chi connectivity index (χ4v) is 1.79. The Balaban J connectivity index is 2.40. The van der Waals surface area contributed by atoms with E-state index >= 15 is 0 Å². The molecule has 0 unspecified atom stereocenters. The number of hydrogen-bond donors (Lipinski definition) is 0. The summed E-state index contributed by atoms with van der Waals surface area (Å²) in [4.78, 5) is 22.1. The van der Waals surface area contributed by atoms with Gasteiger partial charge in [0, 0.05) is 12.0 Å². The van der Waals surface area contributed by atoms with Crippen LogP contribution < -0.4 is 0 Å². The molecule has 86 valence electrons. The van der Waals surface area contributed by atoms with Crippen LogP contribution in [0.3, 0.4) is 0 Å². The molecule has 0 aromatic heterocycles. The number of Topliss-reactive ketones (excluding diaryl/α,β-unsaturated/α-hetero) is 1. The predicted octanol–water partition coefficient (Wildman–Crippen LogP) is 2.18. The molecule has 1 aromatic rings. The fourth-order valence-electron chi connectivity index (χ4n) is 1.79.